The summed E-state index contributed by atoms with van der Waals surface area (Å²) in [6.45, 7) is 0.495. The average molecular weight is 672 g/mol. The number of aromatic nitrogens is 4. The molecule has 0 saturated carbocycles. The number of unbranched alkanes of at least 4 members (excludes halogenated alkanes) is 2. The van der Waals surface area contributed by atoms with E-state index in [4.69, 9.17) is 4.74 Å². The van der Waals surface area contributed by atoms with E-state index >= 15 is 0 Å². The number of para-hydroxylation sites is 1. The number of thioether (sulfide) groups is 1. The van der Waals surface area contributed by atoms with Gasteiger partial charge in [-0.1, -0.05) is 78.5 Å². The van der Waals surface area contributed by atoms with Gasteiger partial charge in [0.25, 0.3) is 9.84 Å². The van der Waals surface area contributed by atoms with Gasteiger partial charge in [-0.25, -0.2) is 18.4 Å². The van der Waals surface area contributed by atoms with Crippen molar-refractivity contribution in [3.05, 3.63) is 102 Å². The number of benzene rings is 3. The zero-order chi connectivity index (χ0) is 33.1. The highest BCUT2D eigenvalue weighted by Crippen LogP contribution is 2.30. The molecule has 0 bridgehead atoms. The molecule has 2 aromatic heterocycles. The van der Waals surface area contributed by atoms with E-state index in [1.165, 1.54) is 24.3 Å². The Labute approximate surface area is 275 Å². The zero-order valence-electron chi connectivity index (χ0n) is 24.9. The number of carbonyl (C=O) groups excluding carboxylic acids is 1. The molecule has 47 heavy (non-hydrogen) atoms. The third-order valence-corrected chi connectivity index (χ3v) is 9.23. The van der Waals surface area contributed by atoms with Crippen molar-refractivity contribution in [2.75, 3.05) is 24.2 Å². The van der Waals surface area contributed by atoms with Gasteiger partial charge >= 0.3 is 10.9 Å². The Kier molecular flexibility index (Phi) is 11.0. The third-order valence-electron chi connectivity index (χ3n) is 6.65. The van der Waals surface area contributed by atoms with E-state index < -0.39 is 20.7 Å². The van der Waals surface area contributed by atoms with Crippen LogP contribution in [-0.2, 0) is 14.6 Å². The fourth-order valence-corrected chi connectivity index (χ4v) is 6.35. The summed E-state index contributed by atoms with van der Waals surface area (Å²) in [6, 6.07) is 28.3. The summed E-state index contributed by atoms with van der Waals surface area (Å²) in [4.78, 5) is 21.5. The third kappa shape index (κ3) is 8.43. The maximum atomic E-state index is 12.9. The summed E-state index contributed by atoms with van der Waals surface area (Å²) in [5, 5.41) is 31.1. The van der Waals surface area contributed by atoms with Crippen LogP contribution in [-0.4, -0.2) is 48.4 Å². The first-order valence-corrected chi connectivity index (χ1v) is 17.0. The highest BCUT2D eigenvalue weighted by Gasteiger charge is 2.35. The summed E-state index contributed by atoms with van der Waals surface area (Å²) in [7, 11) is -4.19. The molecule has 0 aliphatic carbocycles. The lowest BCUT2D eigenvalue weighted by Crippen LogP contribution is -2.31. The molecule has 2 heterocycles. The Hall–Kier alpha value is -5.46. The van der Waals surface area contributed by atoms with E-state index in [0.717, 1.165) is 23.0 Å². The standard InChI is InChI=1S/C32H29N7O6S2/c33-21-26-28(23-13-5-1-6-14-23)36-32(37-29(26)35-24-15-7-2-8-16-24)46-22-27(40)34-19-11-4-12-20-44-30-31(39(41)45-38-30)47(42,43)25-17-9-3-10-18-25/h1-3,5-10,13-18H,4,11-12,19-20,22H2,(H,34,40)(H,35,36,37). The van der Waals surface area contributed by atoms with Crippen LogP contribution in [0, 0.1) is 16.5 Å². The molecule has 3 aromatic carbocycles. The summed E-state index contributed by atoms with van der Waals surface area (Å²) in [5.74, 6) is -0.208. The molecule has 5 aromatic rings. The van der Waals surface area contributed by atoms with Gasteiger partial charge in [0.1, 0.15) is 11.6 Å². The van der Waals surface area contributed by atoms with E-state index in [2.05, 4.69) is 36.5 Å². The molecular weight excluding hydrogens is 643 g/mol. The highest BCUT2D eigenvalue weighted by atomic mass is 32.2. The van der Waals surface area contributed by atoms with Crippen molar-refractivity contribution in [3.8, 4) is 23.2 Å². The molecule has 5 rings (SSSR count). The highest BCUT2D eigenvalue weighted by molar-refractivity contribution is 7.99. The van der Waals surface area contributed by atoms with Gasteiger partial charge in [0.05, 0.1) is 28.1 Å². The topological polar surface area (TPSA) is 187 Å². The number of hydrogen-bond donors (Lipinski definition) is 2. The van der Waals surface area contributed by atoms with Crippen molar-refractivity contribution >= 4 is 39.0 Å². The van der Waals surface area contributed by atoms with E-state index in [9.17, 15) is 23.7 Å². The summed E-state index contributed by atoms with van der Waals surface area (Å²) in [5.41, 5.74) is 2.27. The number of nitrogens with one attached hydrogen (secondary N) is 2. The molecule has 13 nitrogen and oxygen atoms in total. The maximum absolute atomic E-state index is 12.9. The predicted octanol–water partition coefficient (Wildman–Crippen LogP) is 4.67. The fraction of sp³-hybridized carbons (Fsp3) is 0.188. The van der Waals surface area contributed by atoms with Gasteiger partial charge < -0.3 is 20.6 Å². The van der Waals surface area contributed by atoms with Crippen molar-refractivity contribution < 1.29 is 27.5 Å². The number of amides is 1. The molecule has 2 N–H and O–H groups in total. The number of nitriles is 1. The molecule has 0 aliphatic rings. The number of carbonyl (C=O) groups is 1. The van der Waals surface area contributed by atoms with Crippen LogP contribution < -0.4 is 20.3 Å². The van der Waals surface area contributed by atoms with Gasteiger partial charge in [-0.05, 0) is 48.4 Å². The van der Waals surface area contributed by atoms with Crippen LogP contribution in [0.25, 0.3) is 11.3 Å². The molecule has 240 valence electrons. The van der Waals surface area contributed by atoms with Crippen molar-refractivity contribution in [3.63, 3.8) is 0 Å². The monoisotopic (exact) mass is 671 g/mol. The van der Waals surface area contributed by atoms with Crippen LogP contribution in [0.3, 0.4) is 0 Å². The van der Waals surface area contributed by atoms with E-state index in [0.29, 0.717) is 48.0 Å². The van der Waals surface area contributed by atoms with Gasteiger partial charge in [0.2, 0.25) is 5.91 Å². The number of hydrogen-bond acceptors (Lipinski definition) is 12. The summed E-state index contributed by atoms with van der Waals surface area (Å²) in [6.07, 6.45) is 1.79. The Balaban J connectivity index is 1.11. The molecule has 0 fully saturated rings. The fourth-order valence-electron chi connectivity index (χ4n) is 4.39. The van der Waals surface area contributed by atoms with Crippen LogP contribution in [0.5, 0.6) is 5.88 Å². The van der Waals surface area contributed by atoms with Crippen molar-refractivity contribution in [2.24, 2.45) is 0 Å². The molecule has 0 unspecified atom stereocenters. The lowest BCUT2D eigenvalue weighted by Gasteiger charge is -2.13. The normalized spacial score (nSPS) is 11.0. The average Bonchev–Trinajstić information content (AvgIpc) is 3.48. The largest absolute Gasteiger partial charge is 0.454 e. The molecular formula is C32H29N7O6S2. The Bertz CT molecular complexity index is 1950. The lowest BCUT2D eigenvalue weighted by atomic mass is 10.1. The van der Waals surface area contributed by atoms with Crippen molar-refractivity contribution in [1.82, 2.24) is 20.4 Å². The van der Waals surface area contributed by atoms with Gasteiger partial charge in [-0.15, -0.1) is 0 Å². The smallest absolute Gasteiger partial charge is 0.414 e. The number of rotatable bonds is 15. The first kappa shape index (κ1) is 32.9. The minimum absolute atomic E-state index is 0.0635. The minimum Gasteiger partial charge on any atom is -0.454 e. The van der Waals surface area contributed by atoms with Crippen LogP contribution in [0.1, 0.15) is 24.8 Å². The van der Waals surface area contributed by atoms with Crippen molar-refractivity contribution in [2.45, 2.75) is 34.3 Å². The van der Waals surface area contributed by atoms with Crippen LogP contribution in [0.4, 0.5) is 11.5 Å². The lowest BCUT2D eigenvalue weighted by molar-refractivity contribution is -0.832. The summed E-state index contributed by atoms with van der Waals surface area (Å²) >= 11 is 1.16. The maximum Gasteiger partial charge on any atom is 0.414 e. The Morgan fingerprint density at radius 2 is 1.64 bits per heavy atom. The molecule has 0 spiro atoms. The molecule has 15 heteroatoms. The van der Waals surface area contributed by atoms with E-state index in [1.807, 2.05) is 60.7 Å². The number of anilines is 2. The second-order valence-corrected chi connectivity index (χ2v) is 12.8. The Morgan fingerprint density at radius 3 is 2.34 bits per heavy atom. The number of ether oxygens (including phenoxy) is 1. The van der Waals surface area contributed by atoms with Crippen LogP contribution >= 0.6 is 11.8 Å². The van der Waals surface area contributed by atoms with Gasteiger partial charge in [-0.2, -0.15) is 5.26 Å². The van der Waals surface area contributed by atoms with Crippen LogP contribution in [0.15, 0.2) is 111 Å². The number of nitrogens with zero attached hydrogens (tertiary/aromatic N) is 5. The molecule has 0 saturated heterocycles. The van der Waals surface area contributed by atoms with Gasteiger partial charge in [0, 0.05) is 17.8 Å². The second kappa shape index (κ2) is 15.7. The first-order valence-electron chi connectivity index (χ1n) is 14.5. The SMILES string of the molecule is N#Cc1c(Nc2ccccc2)nc(SCC(=O)NCCCCCOc2no[n+]([O-])c2S(=O)(=O)c2ccccc2)nc1-c1ccccc1. The van der Waals surface area contributed by atoms with E-state index in [1.54, 1.807) is 6.07 Å². The second-order valence-electron chi connectivity index (χ2n) is 9.95. The van der Waals surface area contributed by atoms with Gasteiger partial charge in [0.15, 0.2) is 11.0 Å². The number of sulfone groups is 1. The summed E-state index contributed by atoms with van der Waals surface area (Å²) < 4.78 is 35.6. The van der Waals surface area contributed by atoms with Crippen molar-refractivity contribution in [1.29, 1.82) is 5.26 Å². The first-order chi connectivity index (χ1) is 22.9. The predicted molar refractivity (Wildman–Crippen MR) is 172 cm³/mol. The molecule has 0 aliphatic heterocycles. The van der Waals surface area contributed by atoms with Gasteiger partial charge in [-0.3, -0.25) is 9.42 Å². The molecule has 0 atom stereocenters. The minimum atomic E-state index is -4.19. The Morgan fingerprint density at radius 1 is 0.957 bits per heavy atom. The zero-order valence-corrected chi connectivity index (χ0v) is 26.5. The molecule has 0 radical (unpaired) electrons. The van der Waals surface area contributed by atoms with Crippen LogP contribution in [0.2, 0.25) is 0 Å². The molecule has 1 amide bonds. The quantitative estimate of drug-likeness (QED) is 0.0679. The van der Waals surface area contributed by atoms with E-state index in [-0.39, 0.29) is 28.1 Å².